The van der Waals surface area contributed by atoms with Gasteiger partial charge in [0.15, 0.2) is 17.0 Å². The molecule has 1 unspecified atom stereocenters. The van der Waals surface area contributed by atoms with E-state index < -0.39 is 33.6 Å². The Labute approximate surface area is 266 Å². The average molecular weight is 660 g/mol. The molecule has 0 radical (unpaired) electrons. The number of β-amino-alcohol motifs (C(OH)–C–C–N with tert-alkyl or cyclic N) is 1. The van der Waals surface area contributed by atoms with Crippen LogP contribution in [0.4, 0.5) is 5.69 Å². The van der Waals surface area contributed by atoms with Crippen molar-refractivity contribution in [1.82, 2.24) is 9.80 Å². The van der Waals surface area contributed by atoms with Crippen molar-refractivity contribution in [3.8, 4) is 23.0 Å². The number of likely N-dealkylation sites (N-methyl/N-ethyl adjacent to an activating group) is 1. The Morgan fingerprint density at radius 2 is 1.67 bits per heavy atom. The van der Waals surface area contributed by atoms with Crippen LogP contribution in [-0.4, -0.2) is 96.4 Å². The second-order valence-electron chi connectivity index (χ2n) is 10.8. The number of anilines is 1. The van der Waals surface area contributed by atoms with Gasteiger partial charge in [-0.1, -0.05) is 23.7 Å². The molecular weight excluding hydrogens is 626 g/mol. The lowest BCUT2D eigenvalue weighted by Gasteiger charge is -2.42. The van der Waals surface area contributed by atoms with E-state index in [4.69, 9.17) is 30.5 Å². The van der Waals surface area contributed by atoms with Crippen LogP contribution in [0, 0.1) is 0 Å². The van der Waals surface area contributed by atoms with Crippen LogP contribution in [0.3, 0.4) is 0 Å². The van der Waals surface area contributed by atoms with Gasteiger partial charge in [-0.05, 0) is 42.8 Å². The zero-order valence-corrected chi connectivity index (χ0v) is 27.2. The van der Waals surface area contributed by atoms with Crippen molar-refractivity contribution in [2.24, 2.45) is 0 Å². The van der Waals surface area contributed by atoms with E-state index in [0.717, 1.165) is 0 Å². The number of ether oxygens (including phenoxy) is 4. The number of amides is 2. The first-order valence-electron chi connectivity index (χ1n) is 13.9. The van der Waals surface area contributed by atoms with Crippen LogP contribution in [-0.2, 0) is 25.2 Å². The molecule has 0 aromatic heterocycles. The summed E-state index contributed by atoms with van der Waals surface area (Å²) in [6.45, 7) is -0.151. The van der Waals surface area contributed by atoms with Gasteiger partial charge in [0.1, 0.15) is 16.4 Å². The van der Waals surface area contributed by atoms with Crippen molar-refractivity contribution >= 4 is 39.1 Å². The highest BCUT2D eigenvalue weighted by atomic mass is 35.5. The molecule has 1 fully saturated rings. The number of sulfonamides is 1. The fourth-order valence-electron chi connectivity index (χ4n) is 6.25. The number of halogens is 1. The van der Waals surface area contributed by atoms with Crippen LogP contribution < -0.4 is 23.3 Å². The van der Waals surface area contributed by atoms with Gasteiger partial charge in [0.05, 0.1) is 46.3 Å². The highest BCUT2D eigenvalue weighted by Gasteiger charge is 2.64. The lowest BCUT2D eigenvalue weighted by molar-refractivity contribution is -0.138. The Morgan fingerprint density at radius 1 is 0.956 bits per heavy atom. The highest BCUT2D eigenvalue weighted by molar-refractivity contribution is 7.93. The molecule has 2 aliphatic rings. The van der Waals surface area contributed by atoms with Gasteiger partial charge in [0.2, 0.25) is 5.91 Å². The highest BCUT2D eigenvalue weighted by Crippen LogP contribution is 2.56. The first-order valence-corrected chi connectivity index (χ1v) is 15.7. The Bertz CT molecular complexity index is 1770. The first-order chi connectivity index (χ1) is 21.4. The molecule has 0 saturated carbocycles. The molecule has 240 valence electrons. The topological polar surface area (TPSA) is 135 Å². The summed E-state index contributed by atoms with van der Waals surface area (Å²) >= 11 is 6.55. The van der Waals surface area contributed by atoms with Gasteiger partial charge in [-0.15, -0.1) is 0 Å². The van der Waals surface area contributed by atoms with E-state index in [1.807, 2.05) is 0 Å². The van der Waals surface area contributed by atoms with Gasteiger partial charge in [-0.2, -0.15) is 0 Å². The average Bonchev–Trinajstić information content (AvgIpc) is 3.54. The van der Waals surface area contributed by atoms with Crippen molar-refractivity contribution in [3.63, 3.8) is 0 Å². The summed E-state index contributed by atoms with van der Waals surface area (Å²) in [7, 11) is 4.01. The number of hydrogen-bond donors (Lipinski definition) is 1. The number of aliphatic hydroxyl groups excluding tert-OH is 1. The van der Waals surface area contributed by atoms with Gasteiger partial charge >= 0.3 is 0 Å². The maximum atomic E-state index is 15.3. The van der Waals surface area contributed by atoms with Gasteiger partial charge in [0.25, 0.3) is 15.9 Å². The smallest absolute Gasteiger partial charge is 0.274 e. The van der Waals surface area contributed by atoms with E-state index in [1.165, 1.54) is 74.6 Å². The molecule has 0 aliphatic carbocycles. The zero-order valence-electron chi connectivity index (χ0n) is 25.6. The summed E-state index contributed by atoms with van der Waals surface area (Å²) in [5.74, 6) is -0.627. The molecule has 2 amide bonds. The molecule has 0 bridgehead atoms. The van der Waals surface area contributed by atoms with Crippen LogP contribution in [0.25, 0.3) is 0 Å². The van der Waals surface area contributed by atoms with Crippen LogP contribution in [0.5, 0.6) is 23.0 Å². The zero-order chi connectivity index (χ0) is 32.8. The van der Waals surface area contributed by atoms with Gasteiger partial charge in [-0.25, -0.2) is 12.7 Å². The third-order valence-corrected chi connectivity index (χ3v) is 10.2. The Kier molecular flexibility index (Phi) is 8.66. The maximum absolute atomic E-state index is 15.3. The van der Waals surface area contributed by atoms with Crippen LogP contribution in [0.1, 0.15) is 17.5 Å². The van der Waals surface area contributed by atoms with Crippen molar-refractivity contribution in [2.75, 3.05) is 53.4 Å². The van der Waals surface area contributed by atoms with E-state index >= 15 is 4.79 Å². The maximum Gasteiger partial charge on any atom is 0.274 e. The van der Waals surface area contributed by atoms with Crippen molar-refractivity contribution in [1.29, 1.82) is 0 Å². The Hall–Kier alpha value is -4.04. The van der Waals surface area contributed by atoms with Crippen LogP contribution in [0.2, 0.25) is 5.02 Å². The molecule has 5 rings (SSSR count). The molecule has 2 aliphatic heterocycles. The predicted molar refractivity (Wildman–Crippen MR) is 166 cm³/mol. The number of carbonyl (C=O) groups excluding carboxylic acids is 2. The molecular formula is C31H34ClN3O9S. The van der Waals surface area contributed by atoms with E-state index in [-0.39, 0.29) is 62.9 Å². The number of benzene rings is 3. The molecule has 14 heteroatoms. The number of para-hydroxylation sites is 1. The summed E-state index contributed by atoms with van der Waals surface area (Å²) in [4.78, 5) is 31.6. The molecule has 3 atom stereocenters. The minimum absolute atomic E-state index is 0.00425. The quantitative estimate of drug-likeness (QED) is 0.365. The molecule has 1 N–H and O–H groups in total. The van der Waals surface area contributed by atoms with Gasteiger partial charge in [-0.3, -0.25) is 14.5 Å². The third-order valence-electron chi connectivity index (χ3n) is 8.18. The number of fused-ring (bicyclic) bond motifs is 1. The summed E-state index contributed by atoms with van der Waals surface area (Å²) in [6, 6.07) is 12.4. The van der Waals surface area contributed by atoms with E-state index in [1.54, 1.807) is 32.3 Å². The minimum Gasteiger partial charge on any atom is -0.497 e. The standard InChI is InChI=1S/C31H34ClN3O9S/c1-33(2)29(37)24-15-19(36)17-34(24)31(21-8-7-9-25(42-4)28(21)44-6)22-14-18(32)10-12-23(22)35(30(31)38)45(39,40)27-13-11-20(41-3)16-26(27)43-5/h7-14,16,19,24,36H,15,17H2,1-6H3/t19-,24+,31?/m1/s1. The van der Waals surface area contributed by atoms with Gasteiger partial charge in [0, 0.05) is 42.9 Å². The van der Waals surface area contributed by atoms with Crippen molar-refractivity contribution in [2.45, 2.75) is 29.0 Å². The SMILES string of the molecule is COc1ccc(S(=O)(=O)N2C(=O)C(c3cccc(OC)c3OC)(N3C[C@H](O)C[C@H]3C(=O)N(C)C)c3cc(Cl)ccc32)c(OC)c1. The molecule has 2 heterocycles. The lowest BCUT2D eigenvalue weighted by atomic mass is 9.80. The normalized spacial score (nSPS) is 21.4. The fraction of sp³-hybridized carbons (Fsp3) is 0.355. The Balaban J connectivity index is 1.90. The van der Waals surface area contributed by atoms with Gasteiger partial charge < -0.3 is 29.0 Å². The number of hydrogen-bond acceptors (Lipinski definition) is 10. The van der Waals surface area contributed by atoms with Crippen molar-refractivity contribution in [3.05, 3.63) is 70.7 Å². The second-order valence-corrected chi connectivity index (χ2v) is 13.0. The largest absolute Gasteiger partial charge is 0.497 e. The Morgan fingerprint density at radius 3 is 2.29 bits per heavy atom. The third kappa shape index (κ3) is 4.94. The molecule has 3 aromatic carbocycles. The van der Waals surface area contributed by atoms with E-state index in [2.05, 4.69) is 0 Å². The van der Waals surface area contributed by atoms with Crippen molar-refractivity contribution < 1.29 is 42.1 Å². The molecule has 0 spiro atoms. The number of nitrogens with zero attached hydrogens (tertiary/aromatic N) is 3. The fourth-order valence-corrected chi connectivity index (χ4v) is 8.03. The van der Waals surface area contributed by atoms with Crippen LogP contribution in [0.15, 0.2) is 59.5 Å². The minimum atomic E-state index is -4.69. The molecule has 3 aromatic rings. The number of likely N-dealkylation sites (tertiary alicyclic amines) is 1. The summed E-state index contributed by atoms with van der Waals surface area (Å²) in [5.41, 5.74) is -1.65. The summed E-state index contributed by atoms with van der Waals surface area (Å²) in [6.07, 6.45) is -1.03. The predicted octanol–water partition coefficient (Wildman–Crippen LogP) is 2.88. The molecule has 1 saturated heterocycles. The lowest BCUT2D eigenvalue weighted by Crippen LogP contribution is -2.59. The summed E-state index contributed by atoms with van der Waals surface area (Å²) in [5, 5.41) is 11.2. The first kappa shape index (κ1) is 32.4. The number of methoxy groups -OCH3 is 4. The number of carbonyl (C=O) groups is 2. The van der Waals surface area contributed by atoms with Crippen LogP contribution >= 0.6 is 11.6 Å². The summed E-state index contributed by atoms with van der Waals surface area (Å²) < 4.78 is 52.0. The second kappa shape index (κ2) is 12.0. The van der Waals surface area contributed by atoms with E-state index in [9.17, 15) is 18.3 Å². The molecule has 12 nitrogen and oxygen atoms in total. The molecule has 45 heavy (non-hydrogen) atoms. The number of rotatable bonds is 9. The van der Waals surface area contributed by atoms with E-state index in [0.29, 0.717) is 10.1 Å². The number of aliphatic hydroxyl groups is 1. The monoisotopic (exact) mass is 659 g/mol.